The van der Waals surface area contributed by atoms with Crippen molar-refractivity contribution in [3.63, 3.8) is 0 Å². The molecule has 0 aromatic heterocycles. The molecule has 148 valence electrons. The average Bonchev–Trinajstić information content (AvgIpc) is 3.14. The van der Waals surface area contributed by atoms with Gasteiger partial charge in [-0.15, -0.1) is 24.8 Å². The molecule has 2 atom stereocenters. The number of carbonyl (C=O) groups is 1. The standard InChI is InChI=1S/C17H32N4O2.2ClH/c22-17(16-4-1-5-18-16)19-13-15-3-2-6-21(14-15)8-7-20-9-11-23-12-10-20;;/h15-16,18H,1-14H2,(H,19,22);2*1H. The van der Waals surface area contributed by atoms with Crippen LogP contribution in [0.2, 0.25) is 0 Å². The minimum atomic E-state index is 0. The van der Waals surface area contributed by atoms with E-state index in [4.69, 9.17) is 4.74 Å². The van der Waals surface area contributed by atoms with Crippen molar-refractivity contribution in [2.45, 2.75) is 31.7 Å². The molecule has 0 aliphatic carbocycles. The van der Waals surface area contributed by atoms with Crippen molar-refractivity contribution in [2.24, 2.45) is 5.92 Å². The molecule has 25 heavy (non-hydrogen) atoms. The Bertz CT molecular complexity index is 378. The van der Waals surface area contributed by atoms with Crippen molar-refractivity contribution in [3.05, 3.63) is 0 Å². The predicted molar refractivity (Wildman–Crippen MR) is 105 cm³/mol. The van der Waals surface area contributed by atoms with Crippen LogP contribution in [0.1, 0.15) is 25.7 Å². The van der Waals surface area contributed by atoms with Gasteiger partial charge in [0.2, 0.25) is 5.91 Å². The van der Waals surface area contributed by atoms with Gasteiger partial charge in [-0.25, -0.2) is 0 Å². The molecule has 3 fully saturated rings. The van der Waals surface area contributed by atoms with Crippen LogP contribution in [0, 0.1) is 5.92 Å². The van der Waals surface area contributed by atoms with Crippen molar-refractivity contribution in [1.29, 1.82) is 0 Å². The van der Waals surface area contributed by atoms with E-state index in [1.165, 1.54) is 19.4 Å². The molecule has 3 rings (SSSR count). The van der Waals surface area contributed by atoms with Gasteiger partial charge in [0.05, 0.1) is 19.3 Å². The van der Waals surface area contributed by atoms with Crippen LogP contribution in [-0.4, -0.2) is 87.3 Å². The molecule has 0 spiro atoms. The SMILES string of the molecule is Cl.Cl.O=C(NCC1CCCN(CCN2CCOCC2)C1)C1CCCN1. The van der Waals surface area contributed by atoms with Crippen LogP contribution in [0.3, 0.4) is 0 Å². The largest absolute Gasteiger partial charge is 0.379 e. The molecule has 3 aliphatic heterocycles. The third kappa shape index (κ3) is 7.57. The third-order valence-corrected chi connectivity index (χ3v) is 5.38. The fraction of sp³-hybridized carbons (Fsp3) is 0.941. The summed E-state index contributed by atoms with van der Waals surface area (Å²) in [7, 11) is 0. The second-order valence-corrected chi connectivity index (χ2v) is 7.16. The first-order chi connectivity index (χ1) is 11.3. The molecule has 0 radical (unpaired) electrons. The number of carbonyl (C=O) groups excluding carboxylic acids is 1. The highest BCUT2D eigenvalue weighted by atomic mass is 35.5. The first-order valence-electron chi connectivity index (χ1n) is 9.35. The maximum absolute atomic E-state index is 12.1. The fourth-order valence-corrected chi connectivity index (χ4v) is 3.91. The van der Waals surface area contributed by atoms with Crippen LogP contribution in [0.25, 0.3) is 0 Å². The maximum atomic E-state index is 12.1. The van der Waals surface area contributed by atoms with Crippen LogP contribution in [-0.2, 0) is 9.53 Å². The molecule has 1 amide bonds. The highest BCUT2D eigenvalue weighted by Gasteiger charge is 2.24. The van der Waals surface area contributed by atoms with E-state index in [1.54, 1.807) is 0 Å². The number of morpholine rings is 1. The maximum Gasteiger partial charge on any atom is 0.237 e. The van der Waals surface area contributed by atoms with Gasteiger partial charge in [0.25, 0.3) is 0 Å². The first-order valence-corrected chi connectivity index (χ1v) is 9.35. The number of nitrogens with one attached hydrogen (secondary N) is 2. The minimum Gasteiger partial charge on any atom is -0.379 e. The summed E-state index contributed by atoms with van der Waals surface area (Å²) in [5.74, 6) is 0.812. The van der Waals surface area contributed by atoms with E-state index >= 15 is 0 Å². The van der Waals surface area contributed by atoms with Crippen LogP contribution in [0.4, 0.5) is 0 Å². The van der Waals surface area contributed by atoms with Gasteiger partial charge in [-0.05, 0) is 44.7 Å². The molecule has 0 aromatic carbocycles. The molecule has 0 bridgehead atoms. The van der Waals surface area contributed by atoms with E-state index in [1.807, 2.05) is 0 Å². The Morgan fingerprint density at radius 1 is 1.04 bits per heavy atom. The highest BCUT2D eigenvalue weighted by molar-refractivity contribution is 5.85. The molecule has 0 saturated carbocycles. The zero-order valence-electron chi connectivity index (χ0n) is 15.1. The van der Waals surface area contributed by atoms with E-state index in [9.17, 15) is 4.79 Å². The van der Waals surface area contributed by atoms with Gasteiger partial charge in [0.15, 0.2) is 0 Å². The summed E-state index contributed by atoms with van der Waals surface area (Å²) in [6.07, 6.45) is 4.61. The number of ether oxygens (including phenoxy) is 1. The summed E-state index contributed by atoms with van der Waals surface area (Å²) in [6, 6.07) is 0.0519. The fourth-order valence-electron chi connectivity index (χ4n) is 3.91. The molecule has 3 aliphatic rings. The van der Waals surface area contributed by atoms with Crippen molar-refractivity contribution in [3.8, 4) is 0 Å². The molecule has 2 N–H and O–H groups in total. The Hall–Kier alpha value is -0.110. The van der Waals surface area contributed by atoms with Gasteiger partial charge in [-0.1, -0.05) is 0 Å². The summed E-state index contributed by atoms with van der Waals surface area (Å²) >= 11 is 0. The van der Waals surface area contributed by atoms with Crippen molar-refractivity contribution in [1.82, 2.24) is 20.4 Å². The Balaban J connectivity index is 0.00000156. The van der Waals surface area contributed by atoms with Crippen LogP contribution >= 0.6 is 24.8 Å². The van der Waals surface area contributed by atoms with E-state index in [0.29, 0.717) is 5.92 Å². The Kier molecular flexibility index (Phi) is 11.3. The topological polar surface area (TPSA) is 56.8 Å². The molecular formula is C17H34Cl2N4O2. The summed E-state index contributed by atoms with van der Waals surface area (Å²) in [4.78, 5) is 17.2. The quantitative estimate of drug-likeness (QED) is 0.693. The molecular weight excluding hydrogens is 363 g/mol. The van der Waals surface area contributed by atoms with Gasteiger partial charge in [0.1, 0.15) is 0 Å². The van der Waals surface area contributed by atoms with E-state index in [-0.39, 0.29) is 36.8 Å². The smallest absolute Gasteiger partial charge is 0.237 e. The van der Waals surface area contributed by atoms with Gasteiger partial charge in [-0.2, -0.15) is 0 Å². The number of piperidine rings is 1. The Labute approximate surface area is 164 Å². The summed E-state index contributed by atoms with van der Waals surface area (Å²) in [6.45, 7) is 10.4. The van der Waals surface area contributed by atoms with Gasteiger partial charge < -0.3 is 20.3 Å². The van der Waals surface area contributed by atoms with Crippen LogP contribution in [0.15, 0.2) is 0 Å². The third-order valence-electron chi connectivity index (χ3n) is 5.38. The second kappa shape index (κ2) is 12.3. The van der Waals surface area contributed by atoms with Gasteiger partial charge >= 0.3 is 0 Å². The number of hydrogen-bond acceptors (Lipinski definition) is 5. The van der Waals surface area contributed by atoms with Crippen molar-refractivity contribution < 1.29 is 9.53 Å². The second-order valence-electron chi connectivity index (χ2n) is 7.16. The number of likely N-dealkylation sites (tertiary alicyclic amines) is 1. The van der Waals surface area contributed by atoms with Gasteiger partial charge in [0, 0.05) is 39.3 Å². The lowest BCUT2D eigenvalue weighted by atomic mass is 9.98. The monoisotopic (exact) mass is 396 g/mol. The zero-order chi connectivity index (χ0) is 15.9. The molecule has 6 nitrogen and oxygen atoms in total. The van der Waals surface area contributed by atoms with E-state index < -0.39 is 0 Å². The molecule has 3 heterocycles. The normalized spacial score (nSPS) is 28.0. The lowest BCUT2D eigenvalue weighted by Gasteiger charge is -2.35. The molecule has 3 saturated heterocycles. The Morgan fingerprint density at radius 3 is 2.52 bits per heavy atom. The first kappa shape index (κ1) is 22.9. The van der Waals surface area contributed by atoms with Crippen molar-refractivity contribution >= 4 is 30.7 Å². The summed E-state index contributed by atoms with van der Waals surface area (Å²) in [5.41, 5.74) is 0. The lowest BCUT2D eigenvalue weighted by molar-refractivity contribution is -0.123. The zero-order valence-corrected chi connectivity index (χ0v) is 16.7. The van der Waals surface area contributed by atoms with E-state index in [2.05, 4.69) is 20.4 Å². The predicted octanol–water partition coefficient (Wildman–Crippen LogP) is 0.742. The van der Waals surface area contributed by atoms with Crippen LogP contribution in [0.5, 0.6) is 0 Å². The number of amides is 1. The number of halogens is 2. The van der Waals surface area contributed by atoms with E-state index in [0.717, 1.165) is 71.9 Å². The molecule has 0 aromatic rings. The average molecular weight is 397 g/mol. The summed E-state index contributed by atoms with van der Waals surface area (Å²) < 4.78 is 5.40. The van der Waals surface area contributed by atoms with Crippen LogP contribution < -0.4 is 10.6 Å². The molecule has 8 heteroatoms. The number of hydrogen-bond donors (Lipinski definition) is 2. The van der Waals surface area contributed by atoms with Gasteiger partial charge in [-0.3, -0.25) is 9.69 Å². The number of rotatable bonds is 6. The van der Waals surface area contributed by atoms with Crippen molar-refractivity contribution in [2.75, 3.05) is 65.6 Å². The lowest BCUT2D eigenvalue weighted by Crippen LogP contribution is -2.47. The highest BCUT2D eigenvalue weighted by Crippen LogP contribution is 2.16. The molecule has 2 unspecified atom stereocenters. The Morgan fingerprint density at radius 2 is 1.80 bits per heavy atom. The minimum absolute atomic E-state index is 0. The summed E-state index contributed by atoms with van der Waals surface area (Å²) in [5, 5.41) is 6.44. The number of nitrogens with zero attached hydrogens (tertiary/aromatic N) is 2.